The van der Waals surface area contributed by atoms with Crippen LogP contribution in [0.25, 0.3) is 0 Å². The van der Waals surface area contributed by atoms with Crippen LogP contribution >= 0.6 is 11.6 Å². The maximum absolute atomic E-state index is 12.6. The molecule has 1 N–H and O–H groups in total. The highest BCUT2D eigenvalue weighted by molar-refractivity contribution is 6.31. The van der Waals surface area contributed by atoms with Crippen molar-refractivity contribution < 1.29 is 4.79 Å². The van der Waals surface area contributed by atoms with E-state index in [0.717, 1.165) is 32.4 Å². The molecule has 1 amide bonds. The Kier molecular flexibility index (Phi) is 4.88. The molecule has 4 nitrogen and oxygen atoms in total. The first kappa shape index (κ1) is 14.4. The Balaban J connectivity index is 2.13. The van der Waals surface area contributed by atoms with Gasteiger partial charge in [0.15, 0.2) is 0 Å². The fraction of sp³-hybridized carbons (Fsp3) is 0.643. The molecule has 2 rings (SSSR count). The summed E-state index contributed by atoms with van der Waals surface area (Å²) in [6, 6.07) is 2.11. The molecular weight excluding hydrogens is 262 g/mol. The van der Waals surface area contributed by atoms with Gasteiger partial charge in [0.05, 0.1) is 5.02 Å². The van der Waals surface area contributed by atoms with E-state index in [0.29, 0.717) is 16.8 Å². The minimum absolute atomic E-state index is 0.107. The number of carbonyl (C=O) groups excluding carboxylic acids is 1. The fourth-order valence-corrected chi connectivity index (χ4v) is 3.01. The highest BCUT2D eigenvalue weighted by Crippen LogP contribution is 2.23. The fourth-order valence-electron chi connectivity index (χ4n) is 2.76. The molecule has 1 aromatic heterocycles. The molecule has 1 aromatic rings. The molecule has 0 aliphatic carbocycles. The number of carbonyl (C=O) groups is 1. The molecule has 1 aliphatic heterocycles. The first-order chi connectivity index (χ1) is 9.13. The van der Waals surface area contributed by atoms with Gasteiger partial charge in [-0.05, 0) is 45.3 Å². The van der Waals surface area contributed by atoms with Crippen LogP contribution in [0.5, 0.6) is 0 Å². The molecule has 0 spiro atoms. The van der Waals surface area contributed by atoms with E-state index in [4.69, 9.17) is 11.6 Å². The number of aromatic nitrogens is 1. The number of likely N-dealkylation sites (tertiary alicyclic amines) is 1. The Morgan fingerprint density at radius 3 is 2.95 bits per heavy atom. The minimum atomic E-state index is 0.107. The predicted octanol–water partition coefficient (Wildman–Crippen LogP) is 2.28. The molecule has 2 heterocycles. The molecule has 0 aromatic carbocycles. The van der Waals surface area contributed by atoms with Crippen molar-refractivity contribution in [1.29, 1.82) is 0 Å². The molecule has 1 aliphatic rings. The molecule has 1 fully saturated rings. The third kappa shape index (κ3) is 3.31. The van der Waals surface area contributed by atoms with E-state index in [1.807, 2.05) is 23.6 Å². The average molecular weight is 284 g/mol. The van der Waals surface area contributed by atoms with Crippen molar-refractivity contribution in [3.8, 4) is 0 Å². The molecule has 5 heteroatoms. The normalized spacial score (nSPS) is 19.7. The van der Waals surface area contributed by atoms with Gasteiger partial charge in [-0.15, -0.1) is 0 Å². The molecular formula is C14H22ClN3O. The molecule has 1 saturated heterocycles. The summed E-state index contributed by atoms with van der Waals surface area (Å²) in [6.45, 7) is 1.80. The van der Waals surface area contributed by atoms with Crippen LogP contribution in [0.15, 0.2) is 12.3 Å². The van der Waals surface area contributed by atoms with E-state index in [1.165, 1.54) is 6.42 Å². The van der Waals surface area contributed by atoms with E-state index in [-0.39, 0.29) is 5.91 Å². The highest BCUT2D eigenvalue weighted by atomic mass is 35.5. The predicted molar refractivity (Wildman–Crippen MR) is 77.6 cm³/mol. The number of nitrogens with zero attached hydrogens (tertiary/aromatic N) is 2. The van der Waals surface area contributed by atoms with Gasteiger partial charge in [-0.25, -0.2) is 0 Å². The summed E-state index contributed by atoms with van der Waals surface area (Å²) in [7, 11) is 3.82. The van der Waals surface area contributed by atoms with E-state index in [2.05, 4.69) is 5.32 Å². The quantitative estimate of drug-likeness (QED) is 0.920. The number of nitrogens with one attached hydrogen (secondary N) is 1. The maximum Gasteiger partial charge on any atom is 0.270 e. The summed E-state index contributed by atoms with van der Waals surface area (Å²) < 4.78 is 1.81. The van der Waals surface area contributed by atoms with Crippen LogP contribution in [-0.4, -0.2) is 41.6 Å². The van der Waals surface area contributed by atoms with Gasteiger partial charge in [0.25, 0.3) is 5.91 Å². The number of amides is 1. The van der Waals surface area contributed by atoms with Crippen LogP contribution in [0, 0.1) is 0 Å². The Hall–Kier alpha value is -1.00. The van der Waals surface area contributed by atoms with Crippen LogP contribution in [0.3, 0.4) is 0 Å². The molecule has 19 heavy (non-hydrogen) atoms. The highest BCUT2D eigenvalue weighted by Gasteiger charge is 2.28. The first-order valence-corrected chi connectivity index (χ1v) is 7.28. The van der Waals surface area contributed by atoms with Crippen molar-refractivity contribution in [1.82, 2.24) is 14.8 Å². The number of rotatable bonds is 4. The summed E-state index contributed by atoms with van der Waals surface area (Å²) in [5.74, 6) is 0.107. The Morgan fingerprint density at radius 1 is 1.53 bits per heavy atom. The lowest BCUT2D eigenvalue weighted by Crippen LogP contribution is -2.45. The standard InChI is InChI=1S/C14H22ClN3O/c1-16-7-6-12-5-3-4-8-18(12)14(19)13-9-11(15)10-17(13)2/h9-10,12,16H,3-8H2,1-2H3. The molecule has 0 radical (unpaired) electrons. The van der Waals surface area contributed by atoms with Gasteiger partial charge in [0.1, 0.15) is 5.69 Å². The molecule has 1 atom stereocenters. The van der Waals surface area contributed by atoms with Crippen molar-refractivity contribution in [3.05, 3.63) is 23.0 Å². The third-order valence-electron chi connectivity index (χ3n) is 3.81. The number of aryl methyl sites for hydroxylation is 1. The van der Waals surface area contributed by atoms with Crippen LogP contribution in [-0.2, 0) is 7.05 Å². The van der Waals surface area contributed by atoms with E-state index < -0.39 is 0 Å². The lowest BCUT2D eigenvalue weighted by molar-refractivity contribution is 0.0593. The molecule has 106 valence electrons. The first-order valence-electron chi connectivity index (χ1n) is 6.91. The second kappa shape index (κ2) is 6.44. The van der Waals surface area contributed by atoms with Crippen LogP contribution in [0.2, 0.25) is 5.02 Å². The molecule has 0 saturated carbocycles. The monoisotopic (exact) mass is 283 g/mol. The Bertz CT molecular complexity index is 444. The summed E-state index contributed by atoms with van der Waals surface area (Å²) in [5.41, 5.74) is 0.682. The largest absolute Gasteiger partial charge is 0.345 e. The SMILES string of the molecule is CNCCC1CCCCN1C(=O)c1cc(Cl)cn1C. The molecule has 1 unspecified atom stereocenters. The van der Waals surface area contributed by atoms with E-state index in [9.17, 15) is 4.79 Å². The van der Waals surface area contributed by atoms with Crippen molar-refractivity contribution in [2.75, 3.05) is 20.1 Å². The smallest absolute Gasteiger partial charge is 0.270 e. The Labute approximate surface area is 119 Å². The zero-order valence-electron chi connectivity index (χ0n) is 11.7. The van der Waals surface area contributed by atoms with Crippen molar-refractivity contribution in [2.45, 2.75) is 31.7 Å². The van der Waals surface area contributed by atoms with Crippen molar-refractivity contribution >= 4 is 17.5 Å². The van der Waals surface area contributed by atoms with Crippen LogP contribution in [0.1, 0.15) is 36.2 Å². The van der Waals surface area contributed by atoms with Crippen LogP contribution < -0.4 is 5.32 Å². The van der Waals surface area contributed by atoms with E-state index >= 15 is 0 Å². The lowest BCUT2D eigenvalue weighted by Gasteiger charge is -2.36. The van der Waals surface area contributed by atoms with Gasteiger partial charge in [0, 0.05) is 25.8 Å². The zero-order valence-corrected chi connectivity index (χ0v) is 12.4. The van der Waals surface area contributed by atoms with Gasteiger partial charge in [0.2, 0.25) is 0 Å². The topological polar surface area (TPSA) is 37.3 Å². The zero-order chi connectivity index (χ0) is 13.8. The number of piperidine rings is 1. The average Bonchev–Trinajstić information content (AvgIpc) is 2.75. The summed E-state index contributed by atoms with van der Waals surface area (Å²) in [5, 5.41) is 3.79. The van der Waals surface area contributed by atoms with Crippen molar-refractivity contribution in [2.24, 2.45) is 7.05 Å². The summed E-state index contributed by atoms with van der Waals surface area (Å²) in [4.78, 5) is 14.7. The number of hydrogen-bond acceptors (Lipinski definition) is 2. The van der Waals surface area contributed by atoms with E-state index in [1.54, 1.807) is 12.3 Å². The van der Waals surface area contributed by atoms with Gasteiger partial charge in [-0.2, -0.15) is 0 Å². The summed E-state index contributed by atoms with van der Waals surface area (Å²) in [6.07, 6.45) is 6.21. The lowest BCUT2D eigenvalue weighted by atomic mass is 9.99. The van der Waals surface area contributed by atoms with Gasteiger partial charge in [-0.3, -0.25) is 4.79 Å². The second-order valence-corrected chi connectivity index (χ2v) is 5.63. The third-order valence-corrected chi connectivity index (χ3v) is 4.01. The van der Waals surface area contributed by atoms with Crippen molar-refractivity contribution in [3.63, 3.8) is 0 Å². The maximum atomic E-state index is 12.6. The van der Waals surface area contributed by atoms with Gasteiger partial charge < -0.3 is 14.8 Å². The van der Waals surface area contributed by atoms with Gasteiger partial charge in [-0.1, -0.05) is 11.6 Å². The minimum Gasteiger partial charge on any atom is -0.345 e. The Morgan fingerprint density at radius 2 is 2.32 bits per heavy atom. The van der Waals surface area contributed by atoms with Gasteiger partial charge >= 0.3 is 0 Å². The molecule has 0 bridgehead atoms. The number of hydrogen-bond donors (Lipinski definition) is 1. The summed E-state index contributed by atoms with van der Waals surface area (Å²) >= 11 is 5.97. The van der Waals surface area contributed by atoms with Crippen LogP contribution in [0.4, 0.5) is 0 Å². The second-order valence-electron chi connectivity index (χ2n) is 5.19. The number of halogens is 1.